The van der Waals surface area contributed by atoms with Gasteiger partial charge in [-0.3, -0.25) is 4.68 Å². The molecular formula is C13H22N2O. The molecule has 1 aliphatic carbocycles. The maximum Gasteiger partial charge on any atom is 0.0848 e. The summed E-state index contributed by atoms with van der Waals surface area (Å²) in [6.07, 6.45) is 9.67. The fraction of sp³-hybridized carbons (Fsp3) is 0.769. The highest BCUT2D eigenvalue weighted by molar-refractivity contribution is 5.09. The third kappa shape index (κ3) is 2.46. The van der Waals surface area contributed by atoms with Crippen LogP contribution in [-0.2, 0) is 0 Å². The first-order valence-electron chi connectivity index (χ1n) is 6.40. The second kappa shape index (κ2) is 5.00. The molecule has 16 heavy (non-hydrogen) atoms. The third-order valence-electron chi connectivity index (χ3n) is 3.59. The number of aromatic nitrogens is 2. The largest absolute Gasteiger partial charge is 0.388 e. The van der Waals surface area contributed by atoms with Gasteiger partial charge in [-0.1, -0.05) is 19.3 Å². The first kappa shape index (κ1) is 11.6. The van der Waals surface area contributed by atoms with E-state index in [1.807, 2.05) is 17.1 Å². The van der Waals surface area contributed by atoms with Crippen molar-refractivity contribution in [2.45, 2.75) is 58.1 Å². The number of aliphatic hydroxyl groups excluding tert-OH is 1. The molecule has 0 aliphatic heterocycles. The molecule has 1 heterocycles. The first-order valence-corrected chi connectivity index (χ1v) is 6.40. The van der Waals surface area contributed by atoms with Crippen LogP contribution >= 0.6 is 0 Å². The van der Waals surface area contributed by atoms with E-state index in [0.29, 0.717) is 12.0 Å². The topological polar surface area (TPSA) is 38.0 Å². The SMILES string of the molecule is CC(C)n1cc(C(O)C2CCCCC2)cn1. The number of rotatable bonds is 3. The highest BCUT2D eigenvalue weighted by atomic mass is 16.3. The normalized spacial score (nSPS) is 20.2. The predicted molar refractivity (Wildman–Crippen MR) is 64.1 cm³/mol. The molecule has 0 bridgehead atoms. The Hall–Kier alpha value is -0.830. The van der Waals surface area contributed by atoms with Gasteiger partial charge in [0.05, 0.1) is 12.3 Å². The van der Waals surface area contributed by atoms with Crippen molar-refractivity contribution in [3.63, 3.8) is 0 Å². The van der Waals surface area contributed by atoms with Crippen molar-refractivity contribution >= 4 is 0 Å². The van der Waals surface area contributed by atoms with Crippen LogP contribution in [0, 0.1) is 5.92 Å². The van der Waals surface area contributed by atoms with Crippen LogP contribution in [0.25, 0.3) is 0 Å². The van der Waals surface area contributed by atoms with Gasteiger partial charge >= 0.3 is 0 Å². The summed E-state index contributed by atoms with van der Waals surface area (Å²) < 4.78 is 1.92. The van der Waals surface area contributed by atoms with Crippen molar-refractivity contribution in [1.29, 1.82) is 0 Å². The molecule has 0 aromatic carbocycles. The Morgan fingerprint density at radius 1 is 1.31 bits per heavy atom. The van der Waals surface area contributed by atoms with E-state index in [1.54, 1.807) is 0 Å². The van der Waals surface area contributed by atoms with Gasteiger partial charge in [0.25, 0.3) is 0 Å². The van der Waals surface area contributed by atoms with Crippen molar-refractivity contribution in [3.8, 4) is 0 Å². The molecular weight excluding hydrogens is 200 g/mol. The van der Waals surface area contributed by atoms with Gasteiger partial charge in [-0.2, -0.15) is 5.10 Å². The van der Waals surface area contributed by atoms with Crippen LogP contribution in [0.15, 0.2) is 12.4 Å². The van der Waals surface area contributed by atoms with Crippen LogP contribution < -0.4 is 0 Å². The molecule has 3 nitrogen and oxygen atoms in total. The molecule has 0 saturated heterocycles. The lowest BCUT2D eigenvalue weighted by Gasteiger charge is -2.25. The molecule has 1 aliphatic rings. The molecule has 1 atom stereocenters. The fourth-order valence-corrected chi connectivity index (χ4v) is 2.51. The molecule has 2 rings (SSSR count). The lowest BCUT2D eigenvalue weighted by molar-refractivity contribution is 0.0847. The van der Waals surface area contributed by atoms with Gasteiger partial charge in [0.1, 0.15) is 0 Å². The van der Waals surface area contributed by atoms with Crippen molar-refractivity contribution in [3.05, 3.63) is 18.0 Å². The number of hydrogen-bond donors (Lipinski definition) is 1. The molecule has 1 fully saturated rings. The van der Waals surface area contributed by atoms with E-state index in [4.69, 9.17) is 0 Å². The summed E-state index contributed by atoms with van der Waals surface area (Å²) in [7, 11) is 0. The van der Waals surface area contributed by atoms with Gasteiger partial charge in [0.2, 0.25) is 0 Å². The Kier molecular flexibility index (Phi) is 3.64. The van der Waals surface area contributed by atoms with Gasteiger partial charge < -0.3 is 5.11 Å². The van der Waals surface area contributed by atoms with E-state index in [1.165, 1.54) is 19.3 Å². The molecule has 90 valence electrons. The molecule has 1 saturated carbocycles. The molecule has 1 aromatic heterocycles. The lowest BCUT2D eigenvalue weighted by Crippen LogP contribution is -2.15. The molecule has 0 amide bonds. The second-order valence-electron chi connectivity index (χ2n) is 5.19. The van der Waals surface area contributed by atoms with E-state index in [-0.39, 0.29) is 6.10 Å². The highest BCUT2D eigenvalue weighted by Gasteiger charge is 2.24. The second-order valence-corrected chi connectivity index (χ2v) is 5.19. The van der Waals surface area contributed by atoms with Gasteiger partial charge in [-0.05, 0) is 32.6 Å². The Labute approximate surface area is 97.5 Å². The number of nitrogens with zero attached hydrogens (tertiary/aromatic N) is 2. The van der Waals surface area contributed by atoms with E-state index < -0.39 is 0 Å². The molecule has 0 spiro atoms. The third-order valence-corrected chi connectivity index (χ3v) is 3.59. The maximum absolute atomic E-state index is 10.3. The monoisotopic (exact) mass is 222 g/mol. The maximum atomic E-state index is 10.3. The summed E-state index contributed by atoms with van der Waals surface area (Å²) >= 11 is 0. The zero-order valence-electron chi connectivity index (χ0n) is 10.3. The van der Waals surface area contributed by atoms with E-state index in [9.17, 15) is 5.11 Å². The average Bonchev–Trinajstić information content (AvgIpc) is 2.78. The zero-order valence-corrected chi connectivity index (χ0v) is 10.3. The summed E-state index contributed by atoms with van der Waals surface area (Å²) in [5.74, 6) is 0.443. The zero-order chi connectivity index (χ0) is 11.5. The Bertz CT molecular complexity index is 326. The van der Waals surface area contributed by atoms with Crippen molar-refractivity contribution < 1.29 is 5.11 Å². The van der Waals surface area contributed by atoms with E-state index in [0.717, 1.165) is 18.4 Å². The minimum absolute atomic E-state index is 0.312. The summed E-state index contributed by atoms with van der Waals surface area (Å²) in [5.41, 5.74) is 0.987. The van der Waals surface area contributed by atoms with Crippen molar-refractivity contribution in [2.24, 2.45) is 5.92 Å². The number of hydrogen-bond acceptors (Lipinski definition) is 2. The van der Waals surface area contributed by atoms with Gasteiger partial charge in [0, 0.05) is 17.8 Å². The lowest BCUT2D eigenvalue weighted by atomic mass is 9.83. The van der Waals surface area contributed by atoms with Crippen LogP contribution in [0.2, 0.25) is 0 Å². The molecule has 1 aromatic rings. The smallest absolute Gasteiger partial charge is 0.0848 e. The van der Waals surface area contributed by atoms with Gasteiger partial charge in [-0.15, -0.1) is 0 Å². The molecule has 1 unspecified atom stereocenters. The van der Waals surface area contributed by atoms with Gasteiger partial charge in [0.15, 0.2) is 0 Å². The quantitative estimate of drug-likeness (QED) is 0.853. The first-order chi connectivity index (χ1) is 7.68. The summed E-state index contributed by atoms with van der Waals surface area (Å²) in [6, 6.07) is 0.368. The fourth-order valence-electron chi connectivity index (χ4n) is 2.51. The summed E-state index contributed by atoms with van der Waals surface area (Å²) in [5, 5.41) is 14.6. The molecule has 3 heteroatoms. The Morgan fingerprint density at radius 3 is 2.56 bits per heavy atom. The van der Waals surface area contributed by atoms with E-state index >= 15 is 0 Å². The van der Waals surface area contributed by atoms with Crippen LogP contribution in [0.4, 0.5) is 0 Å². The van der Waals surface area contributed by atoms with Crippen LogP contribution in [-0.4, -0.2) is 14.9 Å². The van der Waals surface area contributed by atoms with E-state index in [2.05, 4.69) is 18.9 Å². The predicted octanol–water partition coefficient (Wildman–Crippen LogP) is 3.08. The number of aliphatic hydroxyl groups is 1. The van der Waals surface area contributed by atoms with Crippen LogP contribution in [0.5, 0.6) is 0 Å². The van der Waals surface area contributed by atoms with Crippen molar-refractivity contribution in [1.82, 2.24) is 9.78 Å². The summed E-state index contributed by atoms with van der Waals surface area (Å²) in [6.45, 7) is 4.20. The standard InChI is InChI=1S/C13H22N2O/c1-10(2)15-9-12(8-14-15)13(16)11-6-4-3-5-7-11/h8-11,13,16H,3-7H2,1-2H3. The van der Waals surface area contributed by atoms with Crippen molar-refractivity contribution in [2.75, 3.05) is 0 Å². The highest BCUT2D eigenvalue weighted by Crippen LogP contribution is 2.34. The minimum atomic E-state index is -0.312. The van der Waals surface area contributed by atoms with Crippen LogP contribution in [0.1, 0.15) is 63.7 Å². The molecule has 0 radical (unpaired) electrons. The average molecular weight is 222 g/mol. The van der Waals surface area contributed by atoms with Gasteiger partial charge in [-0.25, -0.2) is 0 Å². The Balaban J connectivity index is 2.04. The molecule has 1 N–H and O–H groups in total. The Morgan fingerprint density at radius 2 is 2.00 bits per heavy atom. The van der Waals surface area contributed by atoms with Crippen LogP contribution in [0.3, 0.4) is 0 Å². The summed E-state index contributed by atoms with van der Waals surface area (Å²) in [4.78, 5) is 0. The minimum Gasteiger partial charge on any atom is -0.388 e.